The Bertz CT molecular complexity index is 665. The molecule has 0 aliphatic heterocycles. The van der Waals surface area contributed by atoms with Crippen LogP contribution in [0.1, 0.15) is 5.56 Å². The van der Waals surface area contributed by atoms with Crippen LogP contribution in [-0.2, 0) is 0 Å². The molecular weight excluding hydrogens is 253 g/mol. The zero-order valence-corrected chi connectivity index (χ0v) is 9.41. The molecule has 6 nitrogen and oxygen atoms in total. The molecule has 0 aliphatic rings. The molecule has 2 rings (SSSR count). The van der Waals surface area contributed by atoms with E-state index in [9.17, 15) is 14.5 Å². The van der Waals surface area contributed by atoms with Crippen LogP contribution in [0.25, 0.3) is 0 Å². The van der Waals surface area contributed by atoms with Crippen molar-refractivity contribution in [3.05, 3.63) is 58.0 Å². The van der Waals surface area contributed by atoms with E-state index in [1.54, 1.807) is 0 Å². The molecule has 0 radical (unpaired) electrons. The second-order valence-corrected chi connectivity index (χ2v) is 3.47. The maximum atomic E-state index is 13.5. The van der Waals surface area contributed by atoms with Crippen LogP contribution in [0.5, 0.6) is 11.6 Å². The average Bonchev–Trinajstić information content (AvgIpc) is 2.41. The SMILES string of the molecule is N#Cc1ccc(Oc2ccc([N+](=O)[O-])cc2F)nc1. The van der Waals surface area contributed by atoms with Gasteiger partial charge in [-0.1, -0.05) is 0 Å². The minimum Gasteiger partial charge on any atom is -0.436 e. The molecule has 7 heteroatoms. The second kappa shape index (κ2) is 5.10. The minimum absolute atomic E-state index is 0.0896. The molecule has 0 atom stereocenters. The Balaban J connectivity index is 2.23. The number of halogens is 1. The van der Waals surface area contributed by atoms with Gasteiger partial charge in [-0.2, -0.15) is 5.26 Å². The molecule has 1 heterocycles. The molecule has 19 heavy (non-hydrogen) atoms. The van der Waals surface area contributed by atoms with E-state index in [1.165, 1.54) is 18.3 Å². The number of pyridine rings is 1. The van der Waals surface area contributed by atoms with Crippen molar-refractivity contribution in [2.24, 2.45) is 0 Å². The number of nitro groups is 1. The Morgan fingerprint density at radius 2 is 2.16 bits per heavy atom. The van der Waals surface area contributed by atoms with E-state index in [4.69, 9.17) is 10.00 Å². The summed E-state index contributed by atoms with van der Waals surface area (Å²) in [5.41, 5.74) is -0.0193. The molecule has 0 aliphatic carbocycles. The number of rotatable bonds is 3. The van der Waals surface area contributed by atoms with Crippen LogP contribution in [0.3, 0.4) is 0 Å². The Kier molecular flexibility index (Phi) is 3.34. The molecule has 94 valence electrons. The minimum atomic E-state index is -0.861. The molecule has 1 aromatic heterocycles. The van der Waals surface area contributed by atoms with Crippen molar-refractivity contribution in [2.75, 3.05) is 0 Å². The highest BCUT2D eigenvalue weighted by molar-refractivity contribution is 5.39. The summed E-state index contributed by atoms with van der Waals surface area (Å²) in [5.74, 6) is -0.949. The van der Waals surface area contributed by atoms with Gasteiger partial charge in [-0.15, -0.1) is 0 Å². The Labute approximate surface area is 106 Å². The van der Waals surface area contributed by atoms with Crippen molar-refractivity contribution in [1.82, 2.24) is 4.98 Å². The fraction of sp³-hybridized carbons (Fsp3) is 0. The summed E-state index contributed by atoms with van der Waals surface area (Å²) in [6, 6.07) is 7.78. The number of nitriles is 1. The van der Waals surface area contributed by atoms with Gasteiger partial charge in [0, 0.05) is 18.3 Å². The van der Waals surface area contributed by atoms with E-state index in [0.29, 0.717) is 5.56 Å². The van der Waals surface area contributed by atoms with Gasteiger partial charge in [0.05, 0.1) is 16.6 Å². The van der Waals surface area contributed by atoms with Crippen molar-refractivity contribution in [3.63, 3.8) is 0 Å². The molecule has 0 N–H and O–H groups in total. The highest BCUT2D eigenvalue weighted by Crippen LogP contribution is 2.26. The summed E-state index contributed by atoms with van der Waals surface area (Å²) in [6.07, 6.45) is 1.28. The van der Waals surface area contributed by atoms with E-state index in [1.807, 2.05) is 6.07 Å². The number of aromatic nitrogens is 1. The average molecular weight is 259 g/mol. The van der Waals surface area contributed by atoms with Crippen LogP contribution >= 0.6 is 0 Å². The van der Waals surface area contributed by atoms with Crippen LogP contribution < -0.4 is 4.74 Å². The van der Waals surface area contributed by atoms with Crippen molar-refractivity contribution in [1.29, 1.82) is 5.26 Å². The number of benzene rings is 1. The lowest BCUT2D eigenvalue weighted by atomic mass is 10.3. The largest absolute Gasteiger partial charge is 0.436 e. The molecule has 2 aromatic rings. The molecular formula is C12H6FN3O3. The summed E-state index contributed by atoms with van der Waals surface area (Å²) < 4.78 is 18.7. The lowest BCUT2D eigenvalue weighted by Gasteiger charge is -2.05. The Morgan fingerprint density at radius 3 is 2.68 bits per heavy atom. The first kappa shape index (κ1) is 12.4. The maximum absolute atomic E-state index is 13.5. The van der Waals surface area contributed by atoms with Gasteiger partial charge in [-0.05, 0) is 12.1 Å². The number of hydrogen-bond acceptors (Lipinski definition) is 5. The topological polar surface area (TPSA) is 89.0 Å². The zero-order valence-electron chi connectivity index (χ0n) is 9.41. The molecule has 0 spiro atoms. The molecule has 0 unspecified atom stereocenters. The van der Waals surface area contributed by atoms with Crippen molar-refractivity contribution in [2.45, 2.75) is 0 Å². The molecule has 0 fully saturated rings. The normalized spacial score (nSPS) is 9.68. The second-order valence-electron chi connectivity index (χ2n) is 3.47. The van der Waals surface area contributed by atoms with Crippen molar-refractivity contribution < 1.29 is 14.1 Å². The van der Waals surface area contributed by atoms with Crippen LogP contribution in [0.2, 0.25) is 0 Å². The van der Waals surface area contributed by atoms with Crippen LogP contribution in [0, 0.1) is 27.3 Å². The quantitative estimate of drug-likeness (QED) is 0.624. The number of hydrogen-bond donors (Lipinski definition) is 0. The summed E-state index contributed by atoms with van der Waals surface area (Å²) in [7, 11) is 0. The first-order valence-corrected chi connectivity index (χ1v) is 5.08. The van der Waals surface area contributed by atoms with Crippen LogP contribution in [0.15, 0.2) is 36.5 Å². The van der Waals surface area contributed by atoms with Gasteiger partial charge in [0.15, 0.2) is 11.6 Å². The van der Waals surface area contributed by atoms with Gasteiger partial charge in [0.1, 0.15) is 6.07 Å². The van der Waals surface area contributed by atoms with Crippen LogP contribution in [-0.4, -0.2) is 9.91 Å². The highest BCUT2D eigenvalue weighted by atomic mass is 19.1. The van der Waals surface area contributed by atoms with Gasteiger partial charge >= 0.3 is 0 Å². The molecule has 0 saturated carbocycles. The van der Waals surface area contributed by atoms with Gasteiger partial charge in [0.25, 0.3) is 5.69 Å². The third-order valence-corrected chi connectivity index (χ3v) is 2.21. The van der Waals surface area contributed by atoms with Gasteiger partial charge in [-0.3, -0.25) is 10.1 Å². The predicted octanol–water partition coefficient (Wildman–Crippen LogP) is 2.79. The number of ether oxygens (including phenoxy) is 1. The first-order chi connectivity index (χ1) is 9.10. The molecule has 1 aromatic carbocycles. The molecule has 0 saturated heterocycles. The molecule has 0 bridgehead atoms. The summed E-state index contributed by atoms with van der Waals surface area (Å²) in [4.78, 5) is 13.5. The smallest absolute Gasteiger partial charge is 0.272 e. The van der Waals surface area contributed by atoms with Crippen molar-refractivity contribution >= 4 is 5.69 Å². The fourth-order valence-corrected chi connectivity index (χ4v) is 1.31. The third kappa shape index (κ3) is 2.81. The monoisotopic (exact) mass is 259 g/mol. The van der Waals surface area contributed by atoms with Crippen molar-refractivity contribution in [3.8, 4) is 17.7 Å². The summed E-state index contributed by atoms with van der Waals surface area (Å²) >= 11 is 0. The van der Waals surface area contributed by atoms with E-state index in [-0.39, 0.29) is 17.3 Å². The van der Waals surface area contributed by atoms with E-state index in [0.717, 1.165) is 18.2 Å². The first-order valence-electron chi connectivity index (χ1n) is 5.08. The summed E-state index contributed by atoms with van der Waals surface area (Å²) in [6.45, 7) is 0. The van der Waals surface area contributed by atoms with E-state index in [2.05, 4.69) is 4.98 Å². The number of non-ortho nitro benzene ring substituents is 1. The lowest BCUT2D eigenvalue weighted by molar-refractivity contribution is -0.385. The van der Waals surface area contributed by atoms with Crippen LogP contribution in [0.4, 0.5) is 10.1 Å². The lowest BCUT2D eigenvalue weighted by Crippen LogP contribution is -1.93. The Hall–Kier alpha value is -3.01. The fourth-order valence-electron chi connectivity index (χ4n) is 1.31. The Morgan fingerprint density at radius 1 is 1.37 bits per heavy atom. The van der Waals surface area contributed by atoms with Gasteiger partial charge < -0.3 is 4.74 Å². The van der Waals surface area contributed by atoms with E-state index < -0.39 is 10.7 Å². The van der Waals surface area contributed by atoms with Gasteiger partial charge in [0.2, 0.25) is 5.88 Å². The molecule has 0 amide bonds. The highest BCUT2D eigenvalue weighted by Gasteiger charge is 2.12. The van der Waals surface area contributed by atoms with E-state index >= 15 is 0 Å². The zero-order chi connectivity index (χ0) is 13.8. The summed E-state index contributed by atoms with van der Waals surface area (Å²) in [5, 5.41) is 19.0. The maximum Gasteiger partial charge on any atom is 0.272 e. The number of nitro benzene ring substituents is 1. The predicted molar refractivity (Wildman–Crippen MR) is 62.1 cm³/mol. The van der Waals surface area contributed by atoms with Gasteiger partial charge in [-0.25, -0.2) is 9.37 Å². The third-order valence-electron chi connectivity index (χ3n) is 2.21. The number of nitrogens with zero attached hydrogens (tertiary/aromatic N) is 3. The standard InChI is InChI=1S/C12H6FN3O3/c13-10-5-9(16(17)18)2-3-11(10)19-12-4-1-8(6-14)7-15-12/h1-5,7H.